The predicted molar refractivity (Wildman–Crippen MR) is 118 cm³/mol. The van der Waals surface area contributed by atoms with Crippen molar-refractivity contribution in [2.45, 2.75) is 11.8 Å². The minimum atomic E-state index is -0.546. The van der Waals surface area contributed by atoms with Crippen LogP contribution in [0, 0.1) is 17.0 Å². The number of carbonyl (C=O) groups is 2. The number of nitrogens with one attached hydrogen (secondary N) is 2. The zero-order chi connectivity index (χ0) is 21.5. The molecule has 0 unspecified atom stereocenters. The lowest BCUT2D eigenvalue weighted by atomic mass is 10.2. The molecule has 0 bridgehead atoms. The van der Waals surface area contributed by atoms with E-state index in [-0.39, 0.29) is 22.9 Å². The number of aryl methyl sites for hydroxylation is 1. The highest BCUT2D eigenvalue weighted by molar-refractivity contribution is 8.00. The average Bonchev–Trinajstić information content (AvgIpc) is 2.74. The molecule has 30 heavy (non-hydrogen) atoms. The number of amides is 2. The molecule has 0 fully saturated rings. The van der Waals surface area contributed by atoms with Crippen LogP contribution in [-0.2, 0) is 4.79 Å². The highest BCUT2D eigenvalue weighted by atomic mass is 32.2. The van der Waals surface area contributed by atoms with Crippen molar-refractivity contribution in [1.82, 2.24) is 0 Å². The standard InChI is InChI=1S/C22H19N3O4S/c1-15-8-10-17(11-9-15)23-21(26)14-30-20-7-3-5-18(13-20)24-22(27)16-4-2-6-19(12-16)25(28)29/h2-13H,14H2,1H3,(H,23,26)(H,24,27). The molecular weight excluding hydrogens is 402 g/mol. The molecule has 0 saturated carbocycles. The summed E-state index contributed by atoms with van der Waals surface area (Å²) in [5, 5.41) is 16.4. The number of nitro groups is 1. The summed E-state index contributed by atoms with van der Waals surface area (Å²) in [6.07, 6.45) is 0. The fourth-order valence-electron chi connectivity index (χ4n) is 2.61. The number of benzene rings is 3. The first-order valence-corrected chi connectivity index (χ1v) is 10.0. The Morgan fingerprint density at radius 3 is 2.40 bits per heavy atom. The van der Waals surface area contributed by atoms with E-state index in [1.807, 2.05) is 37.3 Å². The summed E-state index contributed by atoms with van der Waals surface area (Å²) in [6, 6.07) is 20.2. The summed E-state index contributed by atoms with van der Waals surface area (Å²) in [4.78, 5) is 35.7. The Morgan fingerprint density at radius 2 is 1.67 bits per heavy atom. The van der Waals surface area contributed by atoms with Crippen LogP contribution >= 0.6 is 11.8 Å². The number of carbonyl (C=O) groups excluding carboxylic acids is 2. The molecule has 7 nitrogen and oxygen atoms in total. The zero-order valence-corrected chi connectivity index (χ0v) is 16.9. The predicted octanol–water partition coefficient (Wildman–Crippen LogP) is 4.89. The Bertz CT molecular complexity index is 1080. The van der Waals surface area contributed by atoms with Gasteiger partial charge >= 0.3 is 0 Å². The summed E-state index contributed by atoms with van der Waals surface area (Å²) < 4.78 is 0. The fourth-order valence-corrected chi connectivity index (χ4v) is 3.37. The Hall–Kier alpha value is -3.65. The largest absolute Gasteiger partial charge is 0.325 e. The number of rotatable bonds is 7. The second kappa shape index (κ2) is 9.71. The van der Waals surface area contributed by atoms with Crippen molar-refractivity contribution in [3.05, 3.63) is 94.0 Å². The molecule has 0 spiro atoms. The maximum absolute atomic E-state index is 12.4. The van der Waals surface area contributed by atoms with Gasteiger partial charge in [-0.15, -0.1) is 11.8 Å². The number of hydrogen-bond acceptors (Lipinski definition) is 5. The van der Waals surface area contributed by atoms with E-state index in [1.54, 1.807) is 18.2 Å². The van der Waals surface area contributed by atoms with Crippen LogP contribution in [0.4, 0.5) is 17.1 Å². The summed E-state index contributed by atoms with van der Waals surface area (Å²) in [6.45, 7) is 1.98. The number of hydrogen-bond donors (Lipinski definition) is 2. The van der Waals surface area contributed by atoms with Gasteiger partial charge in [0.25, 0.3) is 11.6 Å². The van der Waals surface area contributed by atoms with Crippen LogP contribution in [0.15, 0.2) is 77.7 Å². The summed E-state index contributed by atoms with van der Waals surface area (Å²) in [7, 11) is 0. The molecular formula is C22H19N3O4S. The van der Waals surface area contributed by atoms with Gasteiger partial charge in [0.2, 0.25) is 5.91 Å². The first kappa shape index (κ1) is 21.1. The second-order valence-electron chi connectivity index (χ2n) is 6.49. The van der Waals surface area contributed by atoms with Crippen LogP contribution in [0.2, 0.25) is 0 Å². The zero-order valence-electron chi connectivity index (χ0n) is 16.1. The normalized spacial score (nSPS) is 10.3. The van der Waals surface area contributed by atoms with Gasteiger partial charge in [0.1, 0.15) is 0 Å². The van der Waals surface area contributed by atoms with E-state index in [2.05, 4.69) is 10.6 Å². The van der Waals surface area contributed by atoms with Crippen molar-refractivity contribution in [1.29, 1.82) is 0 Å². The Kier molecular flexibility index (Phi) is 6.82. The van der Waals surface area contributed by atoms with Crippen LogP contribution in [0.25, 0.3) is 0 Å². The number of non-ortho nitro benzene ring substituents is 1. The maximum atomic E-state index is 12.4. The first-order valence-electron chi connectivity index (χ1n) is 9.06. The average molecular weight is 421 g/mol. The van der Waals surface area contributed by atoms with Gasteiger partial charge < -0.3 is 10.6 Å². The summed E-state index contributed by atoms with van der Waals surface area (Å²) in [5.74, 6) is -0.358. The van der Waals surface area contributed by atoms with Gasteiger partial charge in [-0.1, -0.05) is 29.8 Å². The number of thioether (sulfide) groups is 1. The fraction of sp³-hybridized carbons (Fsp3) is 0.0909. The monoisotopic (exact) mass is 421 g/mol. The van der Waals surface area contributed by atoms with Gasteiger partial charge in [0.05, 0.1) is 10.7 Å². The topological polar surface area (TPSA) is 101 Å². The molecule has 8 heteroatoms. The van der Waals surface area contributed by atoms with Crippen molar-refractivity contribution in [3.8, 4) is 0 Å². The van der Waals surface area contributed by atoms with Crippen molar-refractivity contribution in [3.63, 3.8) is 0 Å². The van der Waals surface area contributed by atoms with E-state index in [9.17, 15) is 19.7 Å². The molecule has 0 aromatic heterocycles. The third-order valence-electron chi connectivity index (χ3n) is 4.12. The summed E-state index contributed by atoms with van der Waals surface area (Å²) >= 11 is 1.34. The lowest BCUT2D eigenvalue weighted by Gasteiger charge is -2.08. The van der Waals surface area contributed by atoms with Gasteiger partial charge in [0.15, 0.2) is 0 Å². The van der Waals surface area contributed by atoms with Crippen molar-refractivity contribution in [2.75, 3.05) is 16.4 Å². The minimum Gasteiger partial charge on any atom is -0.325 e. The minimum absolute atomic E-state index is 0.130. The SMILES string of the molecule is Cc1ccc(NC(=O)CSc2cccc(NC(=O)c3cccc([N+](=O)[O-])c3)c2)cc1. The molecule has 0 saturated heterocycles. The van der Waals surface area contributed by atoms with Crippen LogP contribution < -0.4 is 10.6 Å². The summed E-state index contributed by atoms with van der Waals surface area (Å²) in [5.41, 5.74) is 2.44. The molecule has 2 N–H and O–H groups in total. The van der Waals surface area contributed by atoms with Crippen LogP contribution in [-0.4, -0.2) is 22.5 Å². The molecule has 152 valence electrons. The highest BCUT2D eigenvalue weighted by Crippen LogP contribution is 2.23. The molecule has 3 aromatic carbocycles. The molecule has 0 aliphatic carbocycles. The van der Waals surface area contributed by atoms with Crippen molar-refractivity contribution in [2.24, 2.45) is 0 Å². The first-order chi connectivity index (χ1) is 14.4. The van der Waals surface area contributed by atoms with Gasteiger partial charge in [-0.2, -0.15) is 0 Å². The molecule has 0 aliphatic rings. The third-order valence-corrected chi connectivity index (χ3v) is 5.11. The van der Waals surface area contributed by atoms with Gasteiger partial charge in [-0.25, -0.2) is 0 Å². The van der Waals surface area contributed by atoms with E-state index >= 15 is 0 Å². The maximum Gasteiger partial charge on any atom is 0.270 e. The smallest absolute Gasteiger partial charge is 0.270 e. The van der Waals surface area contributed by atoms with Gasteiger partial charge in [-0.05, 0) is 43.3 Å². The van der Waals surface area contributed by atoms with Crippen LogP contribution in [0.1, 0.15) is 15.9 Å². The van der Waals surface area contributed by atoms with Crippen molar-refractivity contribution >= 4 is 40.6 Å². The second-order valence-corrected chi connectivity index (χ2v) is 7.54. The molecule has 3 aromatic rings. The van der Waals surface area contributed by atoms with Crippen LogP contribution in [0.3, 0.4) is 0 Å². The van der Waals surface area contributed by atoms with Gasteiger partial charge in [0, 0.05) is 34.0 Å². The number of nitro benzene ring substituents is 1. The van der Waals surface area contributed by atoms with E-state index in [1.165, 1.54) is 36.0 Å². The lowest BCUT2D eigenvalue weighted by Crippen LogP contribution is -2.14. The molecule has 2 amide bonds. The van der Waals surface area contributed by atoms with E-state index in [0.29, 0.717) is 5.69 Å². The molecule has 0 heterocycles. The number of nitrogens with zero attached hydrogens (tertiary/aromatic N) is 1. The Labute approximate surface area is 177 Å². The Balaban J connectivity index is 1.58. The molecule has 0 atom stereocenters. The number of anilines is 2. The van der Waals surface area contributed by atoms with E-state index in [0.717, 1.165) is 16.1 Å². The van der Waals surface area contributed by atoms with Gasteiger partial charge in [-0.3, -0.25) is 19.7 Å². The lowest BCUT2D eigenvalue weighted by molar-refractivity contribution is -0.384. The third kappa shape index (κ3) is 5.92. The van der Waals surface area contributed by atoms with Crippen molar-refractivity contribution < 1.29 is 14.5 Å². The van der Waals surface area contributed by atoms with E-state index in [4.69, 9.17) is 0 Å². The molecule has 0 aliphatic heterocycles. The Morgan fingerprint density at radius 1 is 0.933 bits per heavy atom. The highest BCUT2D eigenvalue weighted by Gasteiger charge is 2.12. The van der Waals surface area contributed by atoms with Crippen LogP contribution in [0.5, 0.6) is 0 Å². The molecule has 0 radical (unpaired) electrons. The van der Waals surface area contributed by atoms with E-state index < -0.39 is 10.8 Å². The quantitative estimate of drug-likeness (QED) is 0.321. The molecule has 3 rings (SSSR count).